The number of nitrogens with two attached hydrogens (primary N) is 2. The molecule has 3 aliphatic heterocycles. The summed E-state index contributed by atoms with van der Waals surface area (Å²) in [5.74, 6) is -0.318. The predicted octanol–water partition coefficient (Wildman–Crippen LogP) is -2.29. The van der Waals surface area contributed by atoms with E-state index in [4.69, 9.17) is 43.8 Å². The number of nitrogens with zero attached hydrogens (tertiary/aromatic N) is 8. The first-order valence-electron chi connectivity index (χ1n) is 13.2. The lowest BCUT2D eigenvalue weighted by molar-refractivity contribution is -0.0673. The highest BCUT2D eigenvalue weighted by atomic mass is 31.2. The number of hydrogen-bond acceptors (Lipinski definition) is 19. The van der Waals surface area contributed by atoms with Crippen LogP contribution in [0.1, 0.15) is 12.5 Å². The van der Waals surface area contributed by atoms with Crippen LogP contribution in [0, 0.1) is 0 Å². The molecule has 0 aromatic carbocycles. The third kappa shape index (κ3) is 5.36. The molecule has 248 valence electrons. The smallest absolute Gasteiger partial charge is 0.386 e. The number of phosphoric acid groups is 2. The molecule has 2 bridgehead atoms. The third-order valence-electron chi connectivity index (χ3n) is 7.48. The Morgan fingerprint density at radius 3 is 2.28 bits per heavy atom. The van der Waals surface area contributed by atoms with Crippen LogP contribution in [-0.4, -0.2) is 116 Å². The van der Waals surface area contributed by atoms with Crippen molar-refractivity contribution in [3.05, 3.63) is 23.0 Å². The summed E-state index contributed by atoms with van der Waals surface area (Å²) in [6.07, 6.45) is -9.19. The van der Waals surface area contributed by atoms with Gasteiger partial charge in [-0.15, -0.1) is 10.2 Å². The molecule has 3 aliphatic rings. The lowest BCUT2D eigenvalue weighted by Crippen LogP contribution is -2.37. The zero-order chi connectivity index (χ0) is 32.5. The molecule has 7 heterocycles. The number of fused-ring (bicyclic) bond motifs is 5. The highest BCUT2D eigenvalue weighted by molar-refractivity contribution is 7.47. The van der Waals surface area contributed by atoms with Gasteiger partial charge in [-0.3, -0.25) is 37.0 Å². The van der Waals surface area contributed by atoms with Gasteiger partial charge in [-0.1, -0.05) is 0 Å². The van der Waals surface area contributed by atoms with E-state index in [1.807, 2.05) is 0 Å². The average Bonchev–Trinajstić information content (AvgIpc) is 3.75. The summed E-state index contributed by atoms with van der Waals surface area (Å²) in [5, 5.41) is 22.1. The minimum absolute atomic E-state index is 0.0431. The van der Waals surface area contributed by atoms with Gasteiger partial charge in [0.1, 0.15) is 36.6 Å². The second-order valence-electron chi connectivity index (χ2n) is 10.3. The number of phosphoric ester groups is 2. The van der Waals surface area contributed by atoms with Crippen molar-refractivity contribution in [1.82, 2.24) is 44.5 Å². The van der Waals surface area contributed by atoms with Gasteiger partial charge in [0.15, 0.2) is 40.6 Å². The number of nitrogen functional groups attached to an aromatic ring is 2. The zero-order valence-electron chi connectivity index (χ0n) is 23.2. The van der Waals surface area contributed by atoms with E-state index in [9.17, 15) is 28.8 Å². The molecule has 3 fully saturated rings. The Kier molecular flexibility index (Phi) is 7.66. The molecule has 46 heavy (non-hydrogen) atoms. The van der Waals surface area contributed by atoms with Gasteiger partial charge in [-0.2, -0.15) is 4.98 Å². The predicted molar refractivity (Wildman–Crippen MR) is 146 cm³/mol. The van der Waals surface area contributed by atoms with Crippen LogP contribution in [0.3, 0.4) is 0 Å². The Morgan fingerprint density at radius 2 is 1.57 bits per heavy atom. The summed E-state index contributed by atoms with van der Waals surface area (Å²) in [4.78, 5) is 48.3. The third-order valence-corrected chi connectivity index (χ3v) is 9.45. The molecule has 4 aromatic heterocycles. The number of H-pyrrole nitrogens is 1. The van der Waals surface area contributed by atoms with Gasteiger partial charge in [0.05, 0.1) is 25.9 Å². The van der Waals surface area contributed by atoms with E-state index in [2.05, 4.69) is 35.3 Å². The molecule has 3 saturated heterocycles. The van der Waals surface area contributed by atoms with E-state index in [1.54, 1.807) is 0 Å². The van der Waals surface area contributed by atoms with Crippen LogP contribution in [0.15, 0.2) is 17.4 Å². The van der Waals surface area contributed by atoms with Gasteiger partial charge in [0.25, 0.3) is 5.56 Å². The normalized spacial score (nSPS) is 37.1. The van der Waals surface area contributed by atoms with Crippen LogP contribution in [0.2, 0.25) is 0 Å². The highest BCUT2D eigenvalue weighted by Gasteiger charge is 2.54. The number of methoxy groups -OCH3 is 1. The van der Waals surface area contributed by atoms with Gasteiger partial charge in [0.2, 0.25) is 5.95 Å². The van der Waals surface area contributed by atoms with E-state index in [-0.39, 0.29) is 34.1 Å². The lowest BCUT2D eigenvalue weighted by Gasteiger charge is -2.26. The number of anilines is 2. The second kappa shape index (κ2) is 11.3. The van der Waals surface area contributed by atoms with Gasteiger partial charge in [-0.25, -0.2) is 19.1 Å². The fraction of sp³-hybridized carbons (Fsp3) is 0.550. The molecule has 0 spiro atoms. The Bertz CT molecular complexity index is 1960. The molecule has 10 atom stereocenters. The molecule has 4 aromatic rings. The fourth-order valence-corrected chi connectivity index (χ4v) is 7.38. The largest absolute Gasteiger partial charge is 0.472 e. The van der Waals surface area contributed by atoms with Crippen molar-refractivity contribution in [2.75, 3.05) is 31.8 Å². The van der Waals surface area contributed by atoms with Crippen molar-refractivity contribution in [2.24, 2.45) is 0 Å². The number of aromatic amines is 1. The van der Waals surface area contributed by atoms with E-state index in [0.717, 1.165) is 6.33 Å². The number of imidazole rings is 2. The lowest BCUT2D eigenvalue weighted by atomic mass is 10.1. The number of aliphatic hydroxyl groups is 1. The van der Waals surface area contributed by atoms with Crippen molar-refractivity contribution in [2.45, 2.75) is 49.1 Å². The Balaban J connectivity index is 1.22. The molecule has 8 N–H and O–H groups in total. The summed E-state index contributed by atoms with van der Waals surface area (Å²) < 4.78 is 67.6. The van der Waals surface area contributed by atoms with E-state index >= 15 is 0 Å². The maximum absolute atomic E-state index is 13.3. The van der Waals surface area contributed by atoms with Gasteiger partial charge in [-0.05, 0) is 5.21 Å². The monoisotopic (exact) mass is 689 g/mol. The number of hydrogen-bond donors (Lipinski definition) is 6. The van der Waals surface area contributed by atoms with E-state index in [1.165, 1.54) is 22.6 Å². The Hall–Kier alpha value is -3.51. The second-order valence-corrected chi connectivity index (χ2v) is 13.1. The number of ether oxygens (including phenoxy) is 3. The Labute approximate surface area is 254 Å². The summed E-state index contributed by atoms with van der Waals surface area (Å²) in [6.45, 7) is -1.50. The van der Waals surface area contributed by atoms with Crippen molar-refractivity contribution in [1.29, 1.82) is 0 Å². The maximum Gasteiger partial charge on any atom is 0.472 e. The molecule has 26 heteroatoms. The number of aliphatic hydroxyl groups excluding tert-OH is 1. The molecule has 0 amide bonds. The first kappa shape index (κ1) is 31.1. The molecule has 0 radical (unpaired) electrons. The van der Waals surface area contributed by atoms with E-state index < -0.39 is 83.5 Å². The summed E-state index contributed by atoms with van der Waals surface area (Å²) in [7, 11) is -8.86. The van der Waals surface area contributed by atoms with Crippen molar-refractivity contribution >= 4 is 49.7 Å². The standard InChI is InChI=1S/C20H25N11O13P2/c1-38-12-7-3-40-45(34,35)43-11-6(41-18(10(11)32)31-4-23-8-14(21)27-29-28-16(8)31)2-39-46(36,37)44-13(12)19(42-7)30-5-24-9-15(30)25-20(22)26-17(9)33/h4-7,10-13,18-19,32H,2-3H2,1H3,(H,34,35)(H,36,37)(H2,21,27,28)(H3,22,25,26,33)/t6-,7-,10-,11-,12-,13-,18-,19-/m1/s1. The molecular formula is C20H25N11O13P2. The first-order valence-corrected chi connectivity index (χ1v) is 16.2. The summed E-state index contributed by atoms with van der Waals surface area (Å²) in [5.41, 5.74) is 10.8. The van der Waals surface area contributed by atoms with Crippen LogP contribution in [0.4, 0.5) is 11.8 Å². The SMILES string of the molecule is CO[C@H]1[C@H]2OP(=O)(O)OC[C@H]3O[C@@H](n4cnc5c(N)nnnc54)[C@H](O)[C@@H]3OP(=O)(O)OC[C@H]1O[C@H]2n1cnc2c(=O)[nH]c(N)nc21. The quantitative estimate of drug-likeness (QED) is 0.123. The van der Waals surface area contributed by atoms with Crippen LogP contribution >= 0.6 is 15.6 Å². The summed E-state index contributed by atoms with van der Waals surface area (Å²) in [6, 6.07) is 0. The van der Waals surface area contributed by atoms with Crippen LogP contribution in [0.5, 0.6) is 0 Å². The first-order chi connectivity index (χ1) is 21.9. The average molecular weight is 689 g/mol. The maximum atomic E-state index is 13.3. The van der Waals surface area contributed by atoms with Crippen molar-refractivity contribution in [3.63, 3.8) is 0 Å². The highest BCUT2D eigenvalue weighted by Crippen LogP contribution is 2.54. The minimum Gasteiger partial charge on any atom is -0.386 e. The molecule has 7 rings (SSSR count). The zero-order valence-corrected chi connectivity index (χ0v) is 25.0. The molecule has 24 nitrogen and oxygen atoms in total. The topological polar surface area (TPSA) is 332 Å². The fourth-order valence-electron chi connectivity index (χ4n) is 5.49. The van der Waals surface area contributed by atoms with Crippen LogP contribution in [0.25, 0.3) is 22.3 Å². The van der Waals surface area contributed by atoms with Gasteiger partial charge >= 0.3 is 15.6 Å². The van der Waals surface area contributed by atoms with E-state index in [0.29, 0.717) is 0 Å². The minimum atomic E-state index is -5.06. The van der Waals surface area contributed by atoms with Crippen molar-refractivity contribution < 1.29 is 56.3 Å². The molecule has 2 unspecified atom stereocenters. The summed E-state index contributed by atoms with van der Waals surface area (Å²) >= 11 is 0. The van der Waals surface area contributed by atoms with Gasteiger partial charge < -0.3 is 40.6 Å². The molecular weight excluding hydrogens is 664 g/mol. The van der Waals surface area contributed by atoms with Crippen LogP contribution < -0.4 is 17.0 Å². The van der Waals surface area contributed by atoms with Gasteiger partial charge in [0, 0.05) is 7.11 Å². The Morgan fingerprint density at radius 1 is 0.935 bits per heavy atom. The molecule has 0 saturated carbocycles. The number of aromatic nitrogens is 9. The number of rotatable bonds is 3. The molecule has 0 aliphatic carbocycles. The van der Waals surface area contributed by atoms with Crippen molar-refractivity contribution in [3.8, 4) is 0 Å². The number of nitrogens with one attached hydrogen (secondary N) is 1. The van der Waals surface area contributed by atoms with Crippen LogP contribution in [-0.2, 0) is 41.4 Å².